The number of carbonyl (C=O) groups is 1. The number of ether oxygens (including phenoxy) is 2. The maximum Gasteiger partial charge on any atom is 0.244 e. The van der Waals surface area contributed by atoms with E-state index >= 15 is 0 Å². The number of benzene rings is 2. The minimum absolute atomic E-state index is 0.181. The molecule has 0 saturated carbocycles. The van der Waals surface area contributed by atoms with Crippen LogP contribution >= 0.6 is 15.9 Å². The summed E-state index contributed by atoms with van der Waals surface area (Å²) in [6.45, 7) is 0. The van der Waals surface area contributed by atoms with Gasteiger partial charge in [-0.05, 0) is 27.6 Å². The molecule has 0 saturated heterocycles. The Kier molecular flexibility index (Phi) is 6.17. The summed E-state index contributed by atoms with van der Waals surface area (Å²) in [6, 6.07) is 13.0. The van der Waals surface area contributed by atoms with E-state index in [0.29, 0.717) is 11.5 Å². The van der Waals surface area contributed by atoms with E-state index in [1.807, 2.05) is 36.4 Å². The average Bonchev–Trinajstić information content (AvgIpc) is 2.56. The topological polar surface area (TPSA) is 59.9 Å². The highest BCUT2D eigenvalue weighted by Crippen LogP contribution is 2.31. The Morgan fingerprint density at radius 3 is 2.52 bits per heavy atom. The van der Waals surface area contributed by atoms with Crippen molar-refractivity contribution >= 4 is 28.1 Å². The number of nitrogens with zero attached hydrogens (tertiary/aromatic N) is 1. The van der Waals surface area contributed by atoms with Crippen LogP contribution in [0.1, 0.15) is 11.1 Å². The number of hydrogen-bond donors (Lipinski definition) is 1. The van der Waals surface area contributed by atoms with Gasteiger partial charge in [-0.2, -0.15) is 5.10 Å². The number of hydrogen-bond acceptors (Lipinski definition) is 4. The fourth-order valence-electron chi connectivity index (χ4n) is 1.98. The summed E-state index contributed by atoms with van der Waals surface area (Å²) in [7, 11) is 3.14. The van der Waals surface area contributed by atoms with Crippen LogP contribution in [0.4, 0.5) is 0 Å². The minimum atomic E-state index is -0.181. The van der Waals surface area contributed by atoms with Gasteiger partial charge in [0, 0.05) is 11.6 Å². The molecule has 0 spiro atoms. The Hall–Kier alpha value is -2.34. The summed E-state index contributed by atoms with van der Waals surface area (Å²) in [5.41, 5.74) is 4.16. The van der Waals surface area contributed by atoms with Gasteiger partial charge in [0.1, 0.15) is 11.5 Å². The zero-order valence-electron chi connectivity index (χ0n) is 12.9. The Morgan fingerprint density at radius 1 is 1.17 bits per heavy atom. The molecular weight excluding hydrogens is 360 g/mol. The van der Waals surface area contributed by atoms with Gasteiger partial charge in [-0.1, -0.05) is 30.3 Å². The molecule has 0 aliphatic carbocycles. The lowest BCUT2D eigenvalue weighted by molar-refractivity contribution is -0.120. The number of nitrogens with one attached hydrogen (secondary N) is 1. The van der Waals surface area contributed by atoms with Crippen molar-refractivity contribution in [1.82, 2.24) is 5.43 Å². The van der Waals surface area contributed by atoms with Crippen molar-refractivity contribution in [3.8, 4) is 11.5 Å². The van der Waals surface area contributed by atoms with E-state index in [9.17, 15) is 4.79 Å². The van der Waals surface area contributed by atoms with E-state index < -0.39 is 0 Å². The SMILES string of the molecule is COc1cc(OC)c(/C=N/NC(=O)Cc2ccccc2)cc1Br. The third-order valence-corrected chi connectivity index (χ3v) is 3.72. The molecule has 0 atom stereocenters. The summed E-state index contributed by atoms with van der Waals surface area (Å²) >= 11 is 3.41. The van der Waals surface area contributed by atoms with Gasteiger partial charge in [-0.3, -0.25) is 4.79 Å². The van der Waals surface area contributed by atoms with Crippen LogP contribution in [-0.4, -0.2) is 26.3 Å². The molecule has 0 fully saturated rings. The molecule has 1 N–H and O–H groups in total. The molecule has 2 aromatic carbocycles. The van der Waals surface area contributed by atoms with E-state index in [-0.39, 0.29) is 12.3 Å². The van der Waals surface area contributed by atoms with Gasteiger partial charge in [0.05, 0.1) is 31.3 Å². The largest absolute Gasteiger partial charge is 0.496 e. The number of amides is 1. The molecule has 0 aliphatic heterocycles. The number of hydrazone groups is 1. The van der Waals surface area contributed by atoms with Gasteiger partial charge in [-0.25, -0.2) is 5.43 Å². The predicted molar refractivity (Wildman–Crippen MR) is 93.1 cm³/mol. The van der Waals surface area contributed by atoms with Gasteiger partial charge in [0.25, 0.3) is 0 Å². The molecule has 1 amide bonds. The maximum absolute atomic E-state index is 11.8. The summed E-state index contributed by atoms with van der Waals surface area (Å²) in [4.78, 5) is 11.8. The molecule has 2 aromatic rings. The zero-order chi connectivity index (χ0) is 16.7. The van der Waals surface area contributed by atoms with Gasteiger partial charge < -0.3 is 9.47 Å². The molecule has 120 valence electrons. The third kappa shape index (κ3) is 4.82. The van der Waals surface area contributed by atoms with Crippen molar-refractivity contribution in [3.05, 3.63) is 58.1 Å². The van der Waals surface area contributed by atoms with E-state index in [1.54, 1.807) is 20.3 Å². The second-order valence-electron chi connectivity index (χ2n) is 4.68. The lowest BCUT2D eigenvalue weighted by atomic mass is 10.1. The third-order valence-electron chi connectivity index (χ3n) is 3.10. The first-order valence-corrected chi connectivity index (χ1v) is 7.70. The van der Waals surface area contributed by atoms with Gasteiger partial charge in [0.15, 0.2) is 0 Å². The monoisotopic (exact) mass is 376 g/mol. The Labute approximate surface area is 143 Å². The van der Waals surface area contributed by atoms with Crippen molar-refractivity contribution in [2.75, 3.05) is 14.2 Å². The van der Waals surface area contributed by atoms with Crippen molar-refractivity contribution in [2.24, 2.45) is 5.10 Å². The second kappa shape index (κ2) is 8.33. The highest BCUT2D eigenvalue weighted by Gasteiger charge is 2.08. The Bertz CT molecular complexity index is 702. The smallest absolute Gasteiger partial charge is 0.244 e. The molecule has 0 unspecified atom stereocenters. The molecule has 0 aliphatic rings. The van der Waals surface area contributed by atoms with Crippen molar-refractivity contribution in [1.29, 1.82) is 0 Å². The minimum Gasteiger partial charge on any atom is -0.496 e. The zero-order valence-corrected chi connectivity index (χ0v) is 14.5. The van der Waals surface area contributed by atoms with Crippen LogP contribution < -0.4 is 14.9 Å². The quantitative estimate of drug-likeness (QED) is 0.622. The fraction of sp³-hybridized carbons (Fsp3) is 0.176. The molecule has 0 heterocycles. The van der Waals surface area contributed by atoms with Crippen LogP contribution in [0.2, 0.25) is 0 Å². The Balaban J connectivity index is 2.02. The predicted octanol–water partition coefficient (Wildman–Crippen LogP) is 3.16. The van der Waals surface area contributed by atoms with Crippen LogP contribution in [0.3, 0.4) is 0 Å². The number of rotatable bonds is 6. The van der Waals surface area contributed by atoms with E-state index in [1.165, 1.54) is 6.21 Å². The van der Waals surface area contributed by atoms with Crippen LogP contribution in [0.5, 0.6) is 11.5 Å². The standard InChI is InChI=1S/C17H17BrN2O3/c1-22-15-10-16(23-2)14(18)9-13(15)11-19-20-17(21)8-12-6-4-3-5-7-12/h3-7,9-11H,8H2,1-2H3,(H,20,21)/b19-11+. The molecule has 0 aromatic heterocycles. The second-order valence-corrected chi connectivity index (χ2v) is 5.54. The first-order chi connectivity index (χ1) is 11.1. The highest BCUT2D eigenvalue weighted by atomic mass is 79.9. The molecular formula is C17H17BrN2O3. The van der Waals surface area contributed by atoms with Gasteiger partial charge >= 0.3 is 0 Å². The number of carbonyl (C=O) groups excluding carboxylic acids is 1. The molecule has 5 nitrogen and oxygen atoms in total. The van der Waals surface area contributed by atoms with Crippen molar-refractivity contribution in [2.45, 2.75) is 6.42 Å². The molecule has 2 rings (SSSR count). The van der Waals surface area contributed by atoms with Crippen LogP contribution in [0, 0.1) is 0 Å². The van der Waals surface area contributed by atoms with Gasteiger partial charge in [0.2, 0.25) is 5.91 Å². The summed E-state index contributed by atoms with van der Waals surface area (Å²) in [5, 5.41) is 3.98. The van der Waals surface area contributed by atoms with Crippen LogP contribution in [-0.2, 0) is 11.2 Å². The maximum atomic E-state index is 11.8. The molecule has 23 heavy (non-hydrogen) atoms. The summed E-state index contributed by atoms with van der Waals surface area (Å²) in [5.74, 6) is 1.08. The highest BCUT2D eigenvalue weighted by molar-refractivity contribution is 9.10. The first kappa shape index (κ1) is 17.0. The van der Waals surface area contributed by atoms with Crippen molar-refractivity contribution < 1.29 is 14.3 Å². The molecule has 0 bridgehead atoms. The lowest BCUT2D eigenvalue weighted by Gasteiger charge is -2.09. The molecule has 0 radical (unpaired) electrons. The van der Waals surface area contributed by atoms with Crippen LogP contribution in [0.15, 0.2) is 52.0 Å². The lowest BCUT2D eigenvalue weighted by Crippen LogP contribution is -2.19. The summed E-state index contributed by atoms with van der Waals surface area (Å²) in [6.07, 6.45) is 1.81. The summed E-state index contributed by atoms with van der Waals surface area (Å²) < 4.78 is 11.3. The average molecular weight is 377 g/mol. The van der Waals surface area contributed by atoms with E-state index in [0.717, 1.165) is 15.6 Å². The van der Waals surface area contributed by atoms with Gasteiger partial charge in [-0.15, -0.1) is 0 Å². The van der Waals surface area contributed by atoms with E-state index in [4.69, 9.17) is 9.47 Å². The first-order valence-electron chi connectivity index (χ1n) is 6.91. The number of methoxy groups -OCH3 is 2. The van der Waals surface area contributed by atoms with Crippen LogP contribution in [0.25, 0.3) is 0 Å². The molecule has 6 heteroatoms. The number of halogens is 1. The van der Waals surface area contributed by atoms with Crippen molar-refractivity contribution in [3.63, 3.8) is 0 Å². The fourth-order valence-corrected chi connectivity index (χ4v) is 2.50. The normalized spacial score (nSPS) is 10.6. The Morgan fingerprint density at radius 2 is 1.87 bits per heavy atom. The van der Waals surface area contributed by atoms with E-state index in [2.05, 4.69) is 26.5 Å².